The highest BCUT2D eigenvalue weighted by Crippen LogP contribution is 2.19. The summed E-state index contributed by atoms with van der Waals surface area (Å²) in [7, 11) is 0. The van der Waals surface area contributed by atoms with Crippen molar-refractivity contribution in [1.29, 1.82) is 0 Å². The molecule has 0 spiro atoms. The molecule has 0 radical (unpaired) electrons. The number of halogens is 2. The van der Waals surface area contributed by atoms with Crippen LogP contribution in [-0.2, 0) is 17.9 Å². The van der Waals surface area contributed by atoms with Gasteiger partial charge in [0.2, 0.25) is 5.91 Å². The van der Waals surface area contributed by atoms with E-state index in [-0.39, 0.29) is 30.7 Å². The van der Waals surface area contributed by atoms with Gasteiger partial charge in [0.05, 0.1) is 6.04 Å². The number of nitrogens with zero attached hydrogens (tertiary/aromatic N) is 1. The zero-order valence-electron chi connectivity index (χ0n) is 14.0. The van der Waals surface area contributed by atoms with Gasteiger partial charge in [0.1, 0.15) is 0 Å². The molecule has 0 aromatic heterocycles. The van der Waals surface area contributed by atoms with Crippen molar-refractivity contribution < 1.29 is 4.79 Å². The Hall–Kier alpha value is -0.810. The first-order valence-electron chi connectivity index (χ1n) is 7.88. The summed E-state index contributed by atoms with van der Waals surface area (Å²) in [6, 6.07) is 7.88. The molecule has 6 heteroatoms. The number of amides is 1. The van der Waals surface area contributed by atoms with Crippen LogP contribution in [0, 0.1) is 5.92 Å². The number of nitrogens with two attached hydrogens (primary N) is 1. The van der Waals surface area contributed by atoms with E-state index in [1.54, 1.807) is 6.92 Å². The molecule has 1 aromatic carbocycles. The summed E-state index contributed by atoms with van der Waals surface area (Å²) in [6.45, 7) is 7.89. The Kier molecular flexibility index (Phi) is 10.5. The van der Waals surface area contributed by atoms with Crippen molar-refractivity contribution in [3.8, 4) is 0 Å². The second-order valence-corrected chi connectivity index (χ2v) is 6.23. The molecular formula is C17H29Cl2N3O. The number of hydrogen-bond donors (Lipinski definition) is 2. The maximum atomic E-state index is 11.6. The first kappa shape index (κ1) is 22.2. The second kappa shape index (κ2) is 10.9. The molecule has 1 saturated heterocycles. The highest BCUT2D eigenvalue weighted by Gasteiger charge is 2.17. The van der Waals surface area contributed by atoms with E-state index in [0.717, 1.165) is 12.5 Å². The fraction of sp³-hybridized carbons (Fsp3) is 0.588. The lowest BCUT2D eigenvalue weighted by molar-refractivity contribution is -0.122. The highest BCUT2D eigenvalue weighted by molar-refractivity contribution is 5.85. The number of piperidine rings is 1. The van der Waals surface area contributed by atoms with E-state index in [1.807, 2.05) is 6.07 Å². The van der Waals surface area contributed by atoms with E-state index in [2.05, 4.69) is 35.3 Å². The lowest BCUT2D eigenvalue weighted by atomic mass is 9.98. The van der Waals surface area contributed by atoms with E-state index in [0.29, 0.717) is 6.54 Å². The molecule has 0 saturated carbocycles. The van der Waals surface area contributed by atoms with Crippen molar-refractivity contribution in [3.63, 3.8) is 0 Å². The number of nitrogens with one attached hydrogen (secondary N) is 1. The van der Waals surface area contributed by atoms with Gasteiger partial charge in [0.15, 0.2) is 0 Å². The summed E-state index contributed by atoms with van der Waals surface area (Å²) >= 11 is 0. The van der Waals surface area contributed by atoms with Crippen LogP contribution in [0.1, 0.15) is 37.8 Å². The molecule has 0 aliphatic carbocycles. The first-order valence-corrected chi connectivity index (χ1v) is 7.88. The number of carbonyl (C=O) groups excluding carboxylic acids is 1. The third-order valence-corrected chi connectivity index (χ3v) is 4.26. The SMILES string of the molecule is CC1CCN(Cc2ccccc2CNC(=O)C(C)N)CC1.Cl.Cl. The molecule has 1 amide bonds. The van der Waals surface area contributed by atoms with Crippen molar-refractivity contribution in [3.05, 3.63) is 35.4 Å². The van der Waals surface area contributed by atoms with Crippen LogP contribution in [0.25, 0.3) is 0 Å². The molecule has 1 unspecified atom stereocenters. The Balaban J connectivity index is 0.00000242. The number of benzene rings is 1. The minimum atomic E-state index is -0.458. The third kappa shape index (κ3) is 7.08. The van der Waals surface area contributed by atoms with Crippen LogP contribution in [-0.4, -0.2) is 29.9 Å². The van der Waals surface area contributed by atoms with Gasteiger partial charge in [-0.3, -0.25) is 9.69 Å². The van der Waals surface area contributed by atoms with Gasteiger partial charge < -0.3 is 11.1 Å². The summed E-state index contributed by atoms with van der Waals surface area (Å²) in [5, 5.41) is 2.90. The molecule has 1 aliphatic heterocycles. The molecule has 1 fully saturated rings. The highest BCUT2D eigenvalue weighted by atomic mass is 35.5. The smallest absolute Gasteiger partial charge is 0.236 e. The molecule has 1 aromatic rings. The first-order chi connectivity index (χ1) is 10.1. The van der Waals surface area contributed by atoms with Gasteiger partial charge in [-0.05, 0) is 49.9 Å². The zero-order valence-corrected chi connectivity index (χ0v) is 15.6. The maximum Gasteiger partial charge on any atom is 0.236 e. The van der Waals surface area contributed by atoms with Crippen LogP contribution >= 0.6 is 24.8 Å². The van der Waals surface area contributed by atoms with Gasteiger partial charge in [-0.2, -0.15) is 0 Å². The number of carbonyl (C=O) groups is 1. The standard InChI is InChI=1S/C17H27N3O.2ClH/c1-13-7-9-20(10-8-13)12-16-6-4-3-5-15(16)11-19-17(21)14(2)18;;/h3-6,13-14H,7-12,18H2,1-2H3,(H,19,21);2*1H. The molecule has 23 heavy (non-hydrogen) atoms. The number of likely N-dealkylation sites (tertiary alicyclic amines) is 1. The molecule has 2 rings (SSSR count). The topological polar surface area (TPSA) is 58.4 Å². The number of rotatable bonds is 5. The normalized spacial score (nSPS) is 16.8. The predicted octanol–water partition coefficient (Wildman–Crippen LogP) is 2.73. The minimum absolute atomic E-state index is 0. The van der Waals surface area contributed by atoms with Gasteiger partial charge in [-0.15, -0.1) is 24.8 Å². The lowest BCUT2D eigenvalue weighted by Crippen LogP contribution is -2.38. The second-order valence-electron chi connectivity index (χ2n) is 6.23. The van der Waals surface area contributed by atoms with Gasteiger partial charge in [0, 0.05) is 13.1 Å². The summed E-state index contributed by atoms with van der Waals surface area (Å²) in [6.07, 6.45) is 2.56. The Morgan fingerprint density at radius 3 is 2.39 bits per heavy atom. The Labute approximate surface area is 152 Å². The van der Waals surface area contributed by atoms with Crippen molar-refractivity contribution in [2.45, 2.75) is 45.8 Å². The van der Waals surface area contributed by atoms with E-state index in [1.165, 1.54) is 37.1 Å². The van der Waals surface area contributed by atoms with E-state index >= 15 is 0 Å². The third-order valence-electron chi connectivity index (χ3n) is 4.26. The van der Waals surface area contributed by atoms with Crippen LogP contribution in [0.5, 0.6) is 0 Å². The average molecular weight is 362 g/mol. The summed E-state index contributed by atoms with van der Waals surface area (Å²) in [5.41, 5.74) is 8.07. The lowest BCUT2D eigenvalue weighted by Gasteiger charge is -2.30. The Morgan fingerprint density at radius 1 is 1.26 bits per heavy atom. The van der Waals surface area contributed by atoms with Crippen molar-refractivity contribution in [2.75, 3.05) is 13.1 Å². The van der Waals surface area contributed by atoms with Crippen LogP contribution in [0.4, 0.5) is 0 Å². The van der Waals surface area contributed by atoms with Crippen LogP contribution in [0.15, 0.2) is 24.3 Å². The quantitative estimate of drug-likeness (QED) is 0.847. The van der Waals surface area contributed by atoms with Gasteiger partial charge >= 0.3 is 0 Å². The van der Waals surface area contributed by atoms with Gasteiger partial charge in [-0.1, -0.05) is 31.2 Å². The van der Waals surface area contributed by atoms with E-state index in [4.69, 9.17) is 5.73 Å². The molecule has 4 nitrogen and oxygen atoms in total. The molecule has 132 valence electrons. The van der Waals surface area contributed by atoms with Crippen LogP contribution in [0.3, 0.4) is 0 Å². The molecule has 0 bridgehead atoms. The molecule has 1 aliphatic rings. The van der Waals surface area contributed by atoms with Crippen molar-refractivity contribution >= 4 is 30.7 Å². The summed E-state index contributed by atoms with van der Waals surface area (Å²) in [4.78, 5) is 14.1. The molecule has 3 N–H and O–H groups in total. The predicted molar refractivity (Wildman–Crippen MR) is 100 cm³/mol. The fourth-order valence-corrected chi connectivity index (χ4v) is 2.69. The van der Waals surface area contributed by atoms with E-state index in [9.17, 15) is 4.79 Å². The van der Waals surface area contributed by atoms with Crippen LogP contribution in [0.2, 0.25) is 0 Å². The van der Waals surface area contributed by atoms with Gasteiger partial charge in [-0.25, -0.2) is 0 Å². The van der Waals surface area contributed by atoms with Crippen molar-refractivity contribution in [2.24, 2.45) is 11.7 Å². The van der Waals surface area contributed by atoms with E-state index < -0.39 is 6.04 Å². The summed E-state index contributed by atoms with van der Waals surface area (Å²) in [5.74, 6) is 0.749. The molecule has 1 heterocycles. The minimum Gasteiger partial charge on any atom is -0.351 e. The van der Waals surface area contributed by atoms with Crippen molar-refractivity contribution in [1.82, 2.24) is 10.2 Å². The maximum absolute atomic E-state index is 11.6. The fourth-order valence-electron chi connectivity index (χ4n) is 2.69. The molecule has 1 atom stereocenters. The monoisotopic (exact) mass is 361 g/mol. The van der Waals surface area contributed by atoms with Crippen LogP contribution < -0.4 is 11.1 Å². The summed E-state index contributed by atoms with van der Waals surface area (Å²) < 4.78 is 0. The zero-order chi connectivity index (χ0) is 15.2. The largest absolute Gasteiger partial charge is 0.351 e. The molecular weight excluding hydrogens is 333 g/mol. The average Bonchev–Trinajstić information content (AvgIpc) is 2.48. The van der Waals surface area contributed by atoms with Gasteiger partial charge in [0.25, 0.3) is 0 Å². The Morgan fingerprint density at radius 2 is 1.83 bits per heavy atom. The Bertz CT molecular complexity index is 475. The number of hydrogen-bond acceptors (Lipinski definition) is 3.